The number of hydrogen-bond donors (Lipinski definition) is 4. The maximum atomic E-state index is 12.7. The van der Waals surface area contributed by atoms with Gasteiger partial charge >= 0.3 is 0 Å². The van der Waals surface area contributed by atoms with E-state index in [2.05, 4.69) is 59.3 Å². The molecular formula is C32H53N7O4. The third-order valence-electron chi connectivity index (χ3n) is 8.34. The molecule has 0 radical (unpaired) electrons. The van der Waals surface area contributed by atoms with Crippen LogP contribution in [0.25, 0.3) is 0 Å². The summed E-state index contributed by atoms with van der Waals surface area (Å²) in [5.41, 5.74) is 2.49. The highest BCUT2D eigenvalue weighted by atomic mass is 16.5. The Kier molecular flexibility index (Phi) is 13.4. The molecule has 1 unspecified atom stereocenters. The second-order valence-corrected chi connectivity index (χ2v) is 12.6. The zero-order chi connectivity index (χ0) is 31.3. The lowest BCUT2D eigenvalue weighted by Gasteiger charge is -2.24. The average Bonchev–Trinajstić information content (AvgIpc) is 3.36. The van der Waals surface area contributed by atoms with Gasteiger partial charge in [0, 0.05) is 36.3 Å². The molecule has 1 aliphatic carbocycles. The third-order valence-corrected chi connectivity index (χ3v) is 8.34. The van der Waals surface area contributed by atoms with Gasteiger partial charge in [-0.3, -0.25) is 9.59 Å². The van der Waals surface area contributed by atoms with Gasteiger partial charge in [-0.2, -0.15) is 0 Å². The SMILES string of the molecule is CNC(C)(C)CCNC(=O)COC1CCCCCc2c1nnn2CCCNC(=O)c1ccc(OCCC(C)(C)NC)cc1. The number of benzene rings is 1. The average molecular weight is 600 g/mol. The Balaban J connectivity index is 1.44. The van der Waals surface area contributed by atoms with Crippen LogP contribution >= 0.6 is 0 Å². The van der Waals surface area contributed by atoms with E-state index in [1.54, 1.807) is 12.1 Å². The van der Waals surface area contributed by atoms with Gasteiger partial charge in [0.05, 0.1) is 12.3 Å². The van der Waals surface area contributed by atoms with E-state index < -0.39 is 0 Å². The molecule has 0 saturated heterocycles. The minimum Gasteiger partial charge on any atom is -0.494 e. The van der Waals surface area contributed by atoms with E-state index in [0.717, 1.165) is 68.5 Å². The minimum atomic E-state index is -0.245. The van der Waals surface area contributed by atoms with Crippen LogP contribution in [0.15, 0.2) is 24.3 Å². The Bertz CT molecular complexity index is 1150. The fourth-order valence-electron chi connectivity index (χ4n) is 4.78. The van der Waals surface area contributed by atoms with Crippen molar-refractivity contribution in [2.75, 3.05) is 40.4 Å². The van der Waals surface area contributed by atoms with Crippen molar-refractivity contribution in [3.8, 4) is 5.75 Å². The van der Waals surface area contributed by atoms with Gasteiger partial charge in [0.1, 0.15) is 24.2 Å². The smallest absolute Gasteiger partial charge is 0.251 e. The van der Waals surface area contributed by atoms with E-state index >= 15 is 0 Å². The summed E-state index contributed by atoms with van der Waals surface area (Å²) in [4.78, 5) is 25.1. The first kappa shape index (κ1) is 34.5. The number of nitrogens with zero attached hydrogens (tertiary/aromatic N) is 3. The molecule has 1 aromatic carbocycles. The van der Waals surface area contributed by atoms with Crippen LogP contribution in [0.2, 0.25) is 0 Å². The highest BCUT2D eigenvalue weighted by molar-refractivity contribution is 5.94. The summed E-state index contributed by atoms with van der Waals surface area (Å²) in [5, 5.41) is 21.4. The van der Waals surface area contributed by atoms with Gasteiger partial charge < -0.3 is 30.7 Å². The molecule has 3 rings (SSSR count). The van der Waals surface area contributed by atoms with Crippen LogP contribution in [-0.4, -0.2) is 78.3 Å². The maximum Gasteiger partial charge on any atom is 0.251 e. The number of rotatable bonds is 17. The first-order valence-corrected chi connectivity index (χ1v) is 15.7. The van der Waals surface area contributed by atoms with Crippen LogP contribution in [0.1, 0.15) is 100 Å². The van der Waals surface area contributed by atoms with Gasteiger partial charge in [0.15, 0.2) is 0 Å². The van der Waals surface area contributed by atoms with Crippen molar-refractivity contribution < 1.29 is 19.1 Å². The van der Waals surface area contributed by atoms with Crippen molar-refractivity contribution in [1.82, 2.24) is 36.3 Å². The summed E-state index contributed by atoms with van der Waals surface area (Å²) in [6, 6.07) is 7.25. The molecule has 4 N–H and O–H groups in total. The number of nitrogens with one attached hydrogen (secondary N) is 4. The lowest BCUT2D eigenvalue weighted by molar-refractivity contribution is -0.128. The lowest BCUT2D eigenvalue weighted by atomic mass is 9.99. The molecule has 2 amide bonds. The topological polar surface area (TPSA) is 131 Å². The van der Waals surface area contributed by atoms with E-state index in [0.29, 0.717) is 31.8 Å². The molecule has 1 heterocycles. The van der Waals surface area contributed by atoms with Crippen LogP contribution in [0, 0.1) is 0 Å². The third kappa shape index (κ3) is 11.5. The predicted molar refractivity (Wildman–Crippen MR) is 168 cm³/mol. The van der Waals surface area contributed by atoms with Crippen LogP contribution in [0.4, 0.5) is 0 Å². The molecule has 0 saturated carbocycles. The molecule has 0 spiro atoms. The number of carbonyl (C=O) groups is 2. The fourth-order valence-corrected chi connectivity index (χ4v) is 4.78. The van der Waals surface area contributed by atoms with Crippen molar-refractivity contribution in [3.63, 3.8) is 0 Å². The molecule has 2 aromatic rings. The highest BCUT2D eigenvalue weighted by Gasteiger charge is 2.25. The summed E-state index contributed by atoms with van der Waals surface area (Å²) in [6.07, 6.45) is 7.08. The molecular weight excluding hydrogens is 546 g/mol. The van der Waals surface area contributed by atoms with Crippen LogP contribution in [0.3, 0.4) is 0 Å². The molecule has 0 bridgehead atoms. The highest BCUT2D eigenvalue weighted by Crippen LogP contribution is 2.29. The van der Waals surface area contributed by atoms with Crippen molar-refractivity contribution in [2.24, 2.45) is 0 Å². The summed E-state index contributed by atoms with van der Waals surface area (Å²) >= 11 is 0. The number of carbonyl (C=O) groups excluding carboxylic acids is 2. The standard InChI is InChI=1S/C32H53N7O4/c1-31(2,33-5)17-20-35-28(40)23-43-27-12-9-7-8-11-26-29(27)37-38-39(26)21-10-19-36-30(41)24-13-15-25(16-14-24)42-22-18-32(3,4)34-6/h13-16,27,33-34H,7-12,17-23H2,1-6H3,(H,35,40)(H,36,41). The maximum absolute atomic E-state index is 12.7. The zero-order valence-electron chi connectivity index (χ0n) is 27.1. The lowest BCUT2D eigenvalue weighted by Crippen LogP contribution is -2.40. The Hall–Kier alpha value is -3.02. The number of fused-ring (bicyclic) bond motifs is 1. The Morgan fingerprint density at radius 3 is 2.40 bits per heavy atom. The molecule has 1 aromatic heterocycles. The number of hydrogen-bond acceptors (Lipinski definition) is 8. The summed E-state index contributed by atoms with van der Waals surface area (Å²) in [6.45, 7) is 10.8. The zero-order valence-corrected chi connectivity index (χ0v) is 27.1. The Morgan fingerprint density at radius 2 is 1.67 bits per heavy atom. The molecule has 0 fully saturated rings. The summed E-state index contributed by atoms with van der Waals surface area (Å²) in [7, 11) is 3.87. The molecule has 11 nitrogen and oxygen atoms in total. The number of aromatic nitrogens is 3. The van der Waals surface area contributed by atoms with Crippen molar-refractivity contribution in [1.29, 1.82) is 0 Å². The van der Waals surface area contributed by atoms with E-state index in [1.807, 2.05) is 30.9 Å². The Labute approximate surface area is 257 Å². The van der Waals surface area contributed by atoms with Gasteiger partial charge in [0.2, 0.25) is 5.91 Å². The normalized spacial score (nSPS) is 15.7. The number of ether oxygens (including phenoxy) is 2. The first-order chi connectivity index (χ1) is 20.5. The van der Waals surface area contributed by atoms with Crippen molar-refractivity contribution >= 4 is 11.8 Å². The first-order valence-electron chi connectivity index (χ1n) is 15.7. The van der Waals surface area contributed by atoms with Gasteiger partial charge in [-0.15, -0.1) is 5.10 Å². The molecule has 0 aliphatic heterocycles. The molecule has 240 valence electrons. The second-order valence-electron chi connectivity index (χ2n) is 12.6. The number of aryl methyl sites for hydroxylation is 1. The van der Waals surface area contributed by atoms with Gasteiger partial charge in [-0.25, -0.2) is 4.68 Å². The van der Waals surface area contributed by atoms with E-state index in [4.69, 9.17) is 9.47 Å². The van der Waals surface area contributed by atoms with Crippen molar-refractivity contribution in [2.45, 2.75) is 103 Å². The van der Waals surface area contributed by atoms with Crippen LogP contribution in [0.5, 0.6) is 5.75 Å². The van der Waals surface area contributed by atoms with Crippen molar-refractivity contribution in [3.05, 3.63) is 41.2 Å². The monoisotopic (exact) mass is 599 g/mol. The largest absolute Gasteiger partial charge is 0.494 e. The fraction of sp³-hybridized carbons (Fsp3) is 0.688. The summed E-state index contributed by atoms with van der Waals surface area (Å²) in [5.74, 6) is 0.523. The van der Waals surface area contributed by atoms with Gasteiger partial charge in [-0.1, -0.05) is 18.1 Å². The minimum absolute atomic E-state index is 0.00456. The van der Waals surface area contributed by atoms with E-state index in [9.17, 15) is 9.59 Å². The number of amides is 2. The Morgan fingerprint density at radius 1 is 0.953 bits per heavy atom. The van der Waals surface area contributed by atoms with Gasteiger partial charge in [-0.05, 0) is 105 Å². The predicted octanol–water partition coefficient (Wildman–Crippen LogP) is 3.54. The van der Waals surface area contributed by atoms with E-state index in [-0.39, 0.29) is 35.6 Å². The van der Waals surface area contributed by atoms with Gasteiger partial charge in [0.25, 0.3) is 5.91 Å². The molecule has 1 aliphatic rings. The second kappa shape index (κ2) is 16.7. The summed E-state index contributed by atoms with van der Waals surface area (Å²) < 4.78 is 13.8. The van der Waals surface area contributed by atoms with Crippen LogP contribution in [-0.2, 0) is 22.5 Å². The molecule has 1 atom stereocenters. The van der Waals surface area contributed by atoms with Crippen LogP contribution < -0.4 is 26.0 Å². The quantitative estimate of drug-likeness (QED) is 0.203. The van der Waals surface area contributed by atoms with E-state index in [1.165, 1.54) is 0 Å². The molecule has 43 heavy (non-hydrogen) atoms. The molecule has 11 heteroatoms.